The largest absolute Gasteiger partial charge is 0.419 e. The third-order valence-electron chi connectivity index (χ3n) is 4.04. The van der Waals surface area contributed by atoms with E-state index in [0.29, 0.717) is 19.1 Å². The predicted molar refractivity (Wildman–Crippen MR) is 77.4 cm³/mol. The second kappa shape index (κ2) is 6.64. The minimum Gasteiger partial charge on any atom is -0.354 e. The SMILES string of the molecule is CCCC(C)N1CCN(c2ncccc2C(F)(F)F)CC1. The van der Waals surface area contributed by atoms with Gasteiger partial charge in [0.05, 0.1) is 5.56 Å². The lowest BCUT2D eigenvalue weighted by molar-refractivity contribution is -0.137. The van der Waals surface area contributed by atoms with Gasteiger partial charge in [-0.3, -0.25) is 4.90 Å². The number of anilines is 1. The molecule has 1 aliphatic heterocycles. The molecule has 2 heterocycles. The van der Waals surface area contributed by atoms with Gasteiger partial charge in [-0.1, -0.05) is 13.3 Å². The maximum atomic E-state index is 13.0. The summed E-state index contributed by atoms with van der Waals surface area (Å²) in [5.41, 5.74) is -0.639. The van der Waals surface area contributed by atoms with Crippen molar-refractivity contribution in [2.75, 3.05) is 31.1 Å². The Balaban J connectivity index is 2.06. The monoisotopic (exact) mass is 301 g/mol. The number of hydrogen-bond donors (Lipinski definition) is 0. The summed E-state index contributed by atoms with van der Waals surface area (Å²) in [5, 5.41) is 0. The lowest BCUT2D eigenvalue weighted by atomic mass is 10.1. The van der Waals surface area contributed by atoms with Gasteiger partial charge in [0, 0.05) is 38.4 Å². The predicted octanol–water partition coefficient (Wildman–Crippen LogP) is 3.41. The molecule has 0 radical (unpaired) electrons. The summed E-state index contributed by atoms with van der Waals surface area (Å²) in [6, 6.07) is 2.93. The molecular formula is C15H22F3N3. The molecule has 1 aliphatic rings. The van der Waals surface area contributed by atoms with E-state index in [9.17, 15) is 13.2 Å². The number of halogens is 3. The van der Waals surface area contributed by atoms with Crippen LogP contribution in [0.1, 0.15) is 32.3 Å². The van der Waals surface area contributed by atoms with Crippen LogP contribution < -0.4 is 4.90 Å². The van der Waals surface area contributed by atoms with Crippen LogP contribution in [0.4, 0.5) is 19.0 Å². The highest BCUT2D eigenvalue weighted by atomic mass is 19.4. The Morgan fingerprint density at radius 1 is 1.24 bits per heavy atom. The van der Waals surface area contributed by atoms with Crippen LogP contribution in [0.5, 0.6) is 0 Å². The smallest absolute Gasteiger partial charge is 0.354 e. The second-order valence-corrected chi connectivity index (χ2v) is 5.53. The number of hydrogen-bond acceptors (Lipinski definition) is 3. The minimum atomic E-state index is -4.35. The van der Waals surface area contributed by atoms with Crippen molar-refractivity contribution in [3.05, 3.63) is 23.9 Å². The van der Waals surface area contributed by atoms with Gasteiger partial charge < -0.3 is 4.90 Å². The Morgan fingerprint density at radius 2 is 1.90 bits per heavy atom. The third kappa shape index (κ3) is 3.87. The third-order valence-corrected chi connectivity index (χ3v) is 4.04. The number of rotatable bonds is 4. The summed E-state index contributed by atoms with van der Waals surface area (Å²) in [6.07, 6.45) is -0.676. The van der Waals surface area contributed by atoms with Gasteiger partial charge in [-0.2, -0.15) is 13.2 Å². The van der Waals surface area contributed by atoms with Crippen molar-refractivity contribution >= 4 is 5.82 Å². The Bertz CT molecular complexity index is 454. The van der Waals surface area contributed by atoms with Crippen LogP contribution in [-0.2, 0) is 6.18 Å². The minimum absolute atomic E-state index is 0.0628. The normalized spacial score (nSPS) is 18.8. The van der Waals surface area contributed by atoms with Gasteiger partial charge >= 0.3 is 6.18 Å². The molecule has 21 heavy (non-hydrogen) atoms. The molecule has 6 heteroatoms. The molecule has 118 valence electrons. The van der Waals surface area contributed by atoms with E-state index in [-0.39, 0.29) is 5.82 Å². The maximum Gasteiger partial charge on any atom is 0.419 e. The van der Waals surface area contributed by atoms with Crippen molar-refractivity contribution in [2.45, 2.75) is 38.9 Å². The molecule has 0 N–H and O–H groups in total. The van der Waals surface area contributed by atoms with Gasteiger partial charge in [0.15, 0.2) is 0 Å². The summed E-state index contributed by atoms with van der Waals surface area (Å²) < 4.78 is 39.1. The van der Waals surface area contributed by atoms with E-state index in [1.165, 1.54) is 12.3 Å². The van der Waals surface area contributed by atoms with E-state index in [2.05, 4.69) is 23.7 Å². The molecule has 0 amide bonds. The van der Waals surface area contributed by atoms with Crippen molar-refractivity contribution in [3.63, 3.8) is 0 Å². The molecule has 0 aliphatic carbocycles. The number of piperazine rings is 1. The van der Waals surface area contributed by atoms with Gasteiger partial charge in [0.25, 0.3) is 0 Å². The van der Waals surface area contributed by atoms with Gasteiger partial charge in [-0.05, 0) is 25.5 Å². The van der Waals surface area contributed by atoms with E-state index >= 15 is 0 Å². The van der Waals surface area contributed by atoms with Crippen LogP contribution in [-0.4, -0.2) is 42.1 Å². The van der Waals surface area contributed by atoms with Gasteiger partial charge in [-0.25, -0.2) is 4.98 Å². The molecule has 0 bridgehead atoms. The van der Waals surface area contributed by atoms with Crippen LogP contribution in [0.15, 0.2) is 18.3 Å². The molecule has 0 spiro atoms. The molecule has 0 aromatic carbocycles. The van der Waals surface area contributed by atoms with Gasteiger partial charge in [0.1, 0.15) is 5.82 Å². The Morgan fingerprint density at radius 3 is 2.48 bits per heavy atom. The van der Waals surface area contributed by atoms with Crippen LogP contribution >= 0.6 is 0 Å². The maximum absolute atomic E-state index is 13.0. The zero-order chi connectivity index (χ0) is 15.5. The van der Waals surface area contributed by atoms with Crippen molar-refractivity contribution in [1.82, 2.24) is 9.88 Å². The van der Waals surface area contributed by atoms with Crippen LogP contribution in [0.3, 0.4) is 0 Å². The summed E-state index contributed by atoms with van der Waals surface area (Å²) in [7, 11) is 0. The number of nitrogens with zero attached hydrogens (tertiary/aromatic N) is 3. The first-order valence-corrected chi connectivity index (χ1v) is 7.44. The molecule has 1 unspecified atom stereocenters. The van der Waals surface area contributed by atoms with Crippen LogP contribution in [0.2, 0.25) is 0 Å². The first-order chi connectivity index (χ1) is 9.93. The second-order valence-electron chi connectivity index (χ2n) is 5.53. The summed E-state index contributed by atoms with van der Waals surface area (Å²) >= 11 is 0. The molecule has 1 saturated heterocycles. The van der Waals surface area contributed by atoms with Crippen molar-refractivity contribution in [3.8, 4) is 0 Å². The van der Waals surface area contributed by atoms with Crippen LogP contribution in [0, 0.1) is 0 Å². The average Bonchev–Trinajstić information content (AvgIpc) is 2.47. The zero-order valence-electron chi connectivity index (χ0n) is 12.5. The number of pyridine rings is 1. The molecule has 1 atom stereocenters. The fourth-order valence-electron chi connectivity index (χ4n) is 2.85. The Labute approximate surface area is 123 Å². The van der Waals surface area contributed by atoms with E-state index in [1.807, 2.05) is 0 Å². The highest BCUT2D eigenvalue weighted by Gasteiger charge is 2.36. The zero-order valence-corrected chi connectivity index (χ0v) is 12.5. The topological polar surface area (TPSA) is 19.4 Å². The fraction of sp³-hybridized carbons (Fsp3) is 0.667. The van der Waals surface area contributed by atoms with E-state index in [1.54, 1.807) is 4.90 Å². The number of aromatic nitrogens is 1. The molecule has 1 fully saturated rings. The summed E-state index contributed by atoms with van der Waals surface area (Å²) in [5.74, 6) is 0.0628. The van der Waals surface area contributed by atoms with E-state index < -0.39 is 11.7 Å². The fourth-order valence-corrected chi connectivity index (χ4v) is 2.85. The average molecular weight is 301 g/mol. The summed E-state index contributed by atoms with van der Waals surface area (Å²) in [6.45, 7) is 7.09. The van der Waals surface area contributed by atoms with Gasteiger partial charge in [-0.15, -0.1) is 0 Å². The van der Waals surface area contributed by atoms with Crippen LogP contribution in [0.25, 0.3) is 0 Å². The van der Waals surface area contributed by atoms with E-state index in [0.717, 1.165) is 32.0 Å². The Kier molecular flexibility index (Phi) is 5.08. The molecular weight excluding hydrogens is 279 g/mol. The highest BCUT2D eigenvalue weighted by molar-refractivity contribution is 5.48. The van der Waals surface area contributed by atoms with E-state index in [4.69, 9.17) is 0 Å². The number of alkyl halides is 3. The molecule has 0 saturated carbocycles. The molecule has 1 aromatic rings. The lowest BCUT2D eigenvalue weighted by Crippen LogP contribution is -2.50. The summed E-state index contributed by atoms with van der Waals surface area (Å²) in [4.78, 5) is 8.05. The first-order valence-electron chi connectivity index (χ1n) is 7.44. The first kappa shape index (κ1) is 16.1. The standard InChI is InChI=1S/C15H22F3N3/c1-3-5-12(2)20-8-10-21(11-9-20)14-13(15(16,17)18)6-4-7-19-14/h4,6-7,12H,3,5,8-11H2,1-2H3. The van der Waals surface area contributed by atoms with Crippen molar-refractivity contribution in [1.29, 1.82) is 0 Å². The quantitative estimate of drug-likeness (QED) is 0.849. The highest BCUT2D eigenvalue weighted by Crippen LogP contribution is 2.35. The Hall–Kier alpha value is -1.30. The van der Waals surface area contributed by atoms with Crippen molar-refractivity contribution in [2.24, 2.45) is 0 Å². The van der Waals surface area contributed by atoms with Crippen molar-refractivity contribution < 1.29 is 13.2 Å². The molecule has 3 nitrogen and oxygen atoms in total. The molecule has 2 rings (SSSR count). The lowest BCUT2D eigenvalue weighted by Gasteiger charge is -2.39. The molecule has 1 aromatic heterocycles. The van der Waals surface area contributed by atoms with Gasteiger partial charge in [0.2, 0.25) is 0 Å².